The lowest BCUT2D eigenvalue weighted by atomic mass is 9.96. The van der Waals surface area contributed by atoms with Gasteiger partial charge in [-0.15, -0.1) is 0 Å². The normalized spacial score (nSPS) is 23.4. The molecule has 6 heteroatoms. The van der Waals surface area contributed by atoms with Gasteiger partial charge in [0.2, 0.25) is 0 Å². The molecule has 1 aliphatic rings. The van der Waals surface area contributed by atoms with Crippen molar-refractivity contribution in [2.24, 2.45) is 0 Å². The maximum atomic E-state index is 13.1. The van der Waals surface area contributed by atoms with Gasteiger partial charge in [0.25, 0.3) is 0 Å². The first kappa shape index (κ1) is 19.5. The molecule has 0 aromatic carbocycles. The van der Waals surface area contributed by atoms with Crippen LogP contribution in [0.4, 0.5) is 4.39 Å². The number of rotatable bonds is 13. The highest BCUT2D eigenvalue weighted by molar-refractivity contribution is 5.48. The molecule has 0 saturated heterocycles. The molecule has 0 bridgehead atoms. The van der Waals surface area contributed by atoms with E-state index >= 15 is 0 Å². The van der Waals surface area contributed by atoms with Crippen molar-refractivity contribution in [1.82, 2.24) is 0 Å². The van der Waals surface area contributed by atoms with Gasteiger partial charge in [0.15, 0.2) is 0 Å². The minimum absolute atomic E-state index is 0.0920. The van der Waals surface area contributed by atoms with Crippen LogP contribution in [0, 0.1) is 0 Å². The number of unbranched alkanes of at least 4 members (excludes halogenated alkanes) is 1. The van der Waals surface area contributed by atoms with Crippen LogP contribution in [0.2, 0.25) is 0 Å². The van der Waals surface area contributed by atoms with Crippen LogP contribution < -0.4 is 0 Å². The number of aldehydes is 1. The van der Waals surface area contributed by atoms with Crippen molar-refractivity contribution in [2.45, 2.75) is 63.3 Å². The first-order valence-electron chi connectivity index (χ1n) is 8.13. The SMILES string of the molecule is COCCOCO[C@@H](CCCC=O)COC1CCC(F)CC1. The second-order valence-electron chi connectivity index (χ2n) is 5.61. The maximum Gasteiger partial charge on any atom is 0.147 e. The number of ether oxygens (including phenoxy) is 4. The van der Waals surface area contributed by atoms with Gasteiger partial charge in [-0.25, -0.2) is 4.39 Å². The molecule has 22 heavy (non-hydrogen) atoms. The third-order valence-electron chi connectivity index (χ3n) is 3.79. The lowest BCUT2D eigenvalue weighted by molar-refractivity contribution is -0.129. The summed E-state index contributed by atoms with van der Waals surface area (Å²) < 4.78 is 34.8. The van der Waals surface area contributed by atoms with Crippen LogP contribution in [0.5, 0.6) is 0 Å². The molecule has 0 radical (unpaired) electrons. The lowest BCUT2D eigenvalue weighted by Gasteiger charge is -2.26. The Bertz CT molecular complexity index is 269. The summed E-state index contributed by atoms with van der Waals surface area (Å²) in [6, 6.07) is 0. The van der Waals surface area contributed by atoms with Crippen LogP contribution in [0.3, 0.4) is 0 Å². The van der Waals surface area contributed by atoms with Crippen molar-refractivity contribution in [2.75, 3.05) is 33.7 Å². The third kappa shape index (κ3) is 9.46. The molecule has 0 aromatic heterocycles. The smallest absolute Gasteiger partial charge is 0.147 e. The van der Waals surface area contributed by atoms with Crippen molar-refractivity contribution >= 4 is 6.29 Å². The summed E-state index contributed by atoms with van der Waals surface area (Å²) in [5.41, 5.74) is 0. The van der Waals surface area contributed by atoms with Crippen LogP contribution >= 0.6 is 0 Å². The summed E-state index contributed by atoms with van der Waals surface area (Å²) in [5.74, 6) is 0. The second kappa shape index (κ2) is 12.9. The first-order chi connectivity index (χ1) is 10.8. The quantitative estimate of drug-likeness (QED) is 0.297. The van der Waals surface area contributed by atoms with Gasteiger partial charge in [-0.05, 0) is 38.5 Å². The highest BCUT2D eigenvalue weighted by atomic mass is 19.1. The van der Waals surface area contributed by atoms with Crippen LogP contribution in [0.15, 0.2) is 0 Å². The van der Waals surface area contributed by atoms with E-state index in [1.54, 1.807) is 7.11 Å². The van der Waals surface area contributed by atoms with E-state index in [9.17, 15) is 9.18 Å². The second-order valence-corrected chi connectivity index (χ2v) is 5.61. The third-order valence-corrected chi connectivity index (χ3v) is 3.79. The molecule has 1 saturated carbocycles. The highest BCUT2D eigenvalue weighted by Crippen LogP contribution is 2.23. The van der Waals surface area contributed by atoms with Crippen LogP contribution in [0.25, 0.3) is 0 Å². The van der Waals surface area contributed by atoms with Crippen molar-refractivity contribution in [3.05, 3.63) is 0 Å². The summed E-state index contributed by atoms with van der Waals surface area (Å²) in [6.07, 6.45) is 5.03. The van der Waals surface area contributed by atoms with E-state index in [1.165, 1.54) is 0 Å². The number of hydrogen-bond donors (Lipinski definition) is 0. The predicted octanol–water partition coefficient (Wildman–Crippen LogP) is 2.66. The molecule has 0 aromatic rings. The van der Waals surface area contributed by atoms with Gasteiger partial charge >= 0.3 is 0 Å². The molecular weight excluding hydrogens is 291 g/mol. The zero-order chi connectivity index (χ0) is 16.0. The highest BCUT2D eigenvalue weighted by Gasteiger charge is 2.22. The van der Waals surface area contributed by atoms with Gasteiger partial charge in [-0.1, -0.05) is 0 Å². The van der Waals surface area contributed by atoms with E-state index in [4.69, 9.17) is 18.9 Å². The molecule has 130 valence electrons. The Morgan fingerprint density at radius 3 is 2.68 bits per heavy atom. The number of hydrogen-bond acceptors (Lipinski definition) is 5. The Labute approximate surface area is 132 Å². The average molecular weight is 320 g/mol. The summed E-state index contributed by atoms with van der Waals surface area (Å²) in [5, 5.41) is 0. The summed E-state index contributed by atoms with van der Waals surface area (Å²) in [7, 11) is 1.62. The monoisotopic (exact) mass is 320 g/mol. The first-order valence-corrected chi connectivity index (χ1v) is 8.13. The van der Waals surface area contributed by atoms with E-state index in [1.807, 2.05) is 0 Å². The number of methoxy groups -OCH3 is 1. The summed E-state index contributed by atoms with van der Waals surface area (Å²) >= 11 is 0. The molecule has 5 nitrogen and oxygen atoms in total. The Hall–Kier alpha value is -0.560. The van der Waals surface area contributed by atoms with Crippen LogP contribution in [-0.4, -0.2) is 58.4 Å². The molecular formula is C16H29FO5. The Balaban J connectivity index is 2.19. The fourth-order valence-corrected chi connectivity index (χ4v) is 2.42. The lowest BCUT2D eigenvalue weighted by Crippen LogP contribution is -2.28. The van der Waals surface area contributed by atoms with E-state index in [-0.39, 0.29) is 19.0 Å². The summed E-state index contributed by atoms with van der Waals surface area (Å²) in [4.78, 5) is 10.4. The van der Waals surface area contributed by atoms with E-state index in [2.05, 4.69) is 0 Å². The number of alkyl halides is 1. The molecule has 0 N–H and O–H groups in total. The average Bonchev–Trinajstić information content (AvgIpc) is 2.53. The minimum Gasteiger partial charge on any atom is -0.382 e. The van der Waals surface area contributed by atoms with Gasteiger partial charge in [0.05, 0.1) is 32.0 Å². The van der Waals surface area contributed by atoms with E-state index < -0.39 is 6.17 Å². The fraction of sp³-hybridized carbons (Fsp3) is 0.938. The van der Waals surface area contributed by atoms with Crippen molar-refractivity contribution in [3.63, 3.8) is 0 Å². The number of halogens is 1. The largest absolute Gasteiger partial charge is 0.382 e. The fourth-order valence-electron chi connectivity index (χ4n) is 2.42. The molecule has 0 amide bonds. The molecule has 0 heterocycles. The number of carbonyl (C=O) groups excluding carboxylic acids is 1. The number of carbonyl (C=O) groups is 1. The van der Waals surface area contributed by atoms with Crippen LogP contribution in [0.1, 0.15) is 44.9 Å². The van der Waals surface area contributed by atoms with Gasteiger partial charge in [-0.3, -0.25) is 0 Å². The predicted molar refractivity (Wildman–Crippen MR) is 80.6 cm³/mol. The van der Waals surface area contributed by atoms with Crippen molar-refractivity contribution in [1.29, 1.82) is 0 Å². The molecule has 1 aliphatic carbocycles. The zero-order valence-corrected chi connectivity index (χ0v) is 13.5. The standard InChI is InChI=1S/C16H29FO5/c1-19-10-11-20-13-22-16(4-2-3-9-18)12-21-15-7-5-14(17)6-8-15/h9,14-16H,2-8,10-13H2,1H3/t14?,15?,16-/m0/s1. The maximum absolute atomic E-state index is 13.1. The van der Waals surface area contributed by atoms with Gasteiger partial charge in [0, 0.05) is 13.5 Å². The Morgan fingerprint density at radius 1 is 1.23 bits per heavy atom. The van der Waals surface area contributed by atoms with Crippen LogP contribution in [-0.2, 0) is 23.7 Å². The summed E-state index contributed by atoms with van der Waals surface area (Å²) in [6.45, 7) is 1.67. The molecule has 1 atom stereocenters. The zero-order valence-electron chi connectivity index (χ0n) is 13.5. The van der Waals surface area contributed by atoms with Crippen molar-refractivity contribution in [3.8, 4) is 0 Å². The topological polar surface area (TPSA) is 54.0 Å². The van der Waals surface area contributed by atoms with Gasteiger partial charge in [-0.2, -0.15) is 0 Å². The Morgan fingerprint density at radius 2 is 2.00 bits per heavy atom. The minimum atomic E-state index is -0.673. The Kier molecular flexibility index (Phi) is 11.5. The molecule has 0 aliphatic heterocycles. The van der Waals surface area contributed by atoms with Crippen molar-refractivity contribution < 1.29 is 28.1 Å². The molecule has 0 spiro atoms. The molecule has 1 fully saturated rings. The molecule has 0 unspecified atom stereocenters. The van der Waals surface area contributed by atoms with E-state index in [0.29, 0.717) is 39.1 Å². The molecule has 1 rings (SSSR count). The van der Waals surface area contributed by atoms with Gasteiger partial charge in [0.1, 0.15) is 19.3 Å². The van der Waals surface area contributed by atoms with E-state index in [0.717, 1.165) is 32.0 Å². The van der Waals surface area contributed by atoms with Gasteiger partial charge < -0.3 is 23.7 Å².